The van der Waals surface area contributed by atoms with Gasteiger partial charge in [-0.2, -0.15) is 0 Å². The van der Waals surface area contributed by atoms with Crippen LogP contribution in [-0.2, 0) is 7.05 Å². The second-order valence-electron chi connectivity index (χ2n) is 4.98. The van der Waals surface area contributed by atoms with E-state index in [0.717, 1.165) is 11.5 Å². The molecule has 0 aliphatic heterocycles. The maximum atomic E-state index is 12.0. The van der Waals surface area contributed by atoms with Crippen LogP contribution in [0.1, 0.15) is 30.1 Å². The number of hydrogen-bond donors (Lipinski definition) is 0. The molecule has 3 heteroatoms. The van der Waals surface area contributed by atoms with Gasteiger partial charge in [-0.3, -0.25) is 9.69 Å². The highest BCUT2D eigenvalue weighted by Crippen LogP contribution is 2.34. The van der Waals surface area contributed by atoms with Gasteiger partial charge in [0.25, 0.3) is 0 Å². The maximum absolute atomic E-state index is 12.0. The van der Waals surface area contributed by atoms with Crippen LogP contribution in [0.2, 0.25) is 0 Å². The molecular formula is C13H20N2O. The highest BCUT2D eigenvalue weighted by molar-refractivity contribution is 5.97. The second kappa shape index (κ2) is 4.42. The molecule has 88 valence electrons. The average Bonchev–Trinajstić information content (AvgIpc) is 3.00. The van der Waals surface area contributed by atoms with Crippen molar-refractivity contribution >= 4 is 5.78 Å². The van der Waals surface area contributed by atoms with Crippen LogP contribution in [-0.4, -0.2) is 34.9 Å². The van der Waals surface area contributed by atoms with Crippen molar-refractivity contribution in [2.75, 3.05) is 13.6 Å². The summed E-state index contributed by atoms with van der Waals surface area (Å²) in [6.07, 6.45) is 6.45. The van der Waals surface area contributed by atoms with E-state index < -0.39 is 0 Å². The summed E-state index contributed by atoms with van der Waals surface area (Å²) in [5.74, 6) is 1.03. The van der Waals surface area contributed by atoms with Gasteiger partial charge in [0.1, 0.15) is 0 Å². The quantitative estimate of drug-likeness (QED) is 0.709. The largest absolute Gasteiger partial charge is 0.357 e. The van der Waals surface area contributed by atoms with E-state index >= 15 is 0 Å². The van der Waals surface area contributed by atoms with Crippen LogP contribution >= 0.6 is 0 Å². The Bertz CT molecular complexity index is 379. The van der Waals surface area contributed by atoms with Crippen molar-refractivity contribution in [3.05, 3.63) is 24.0 Å². The van der Waals surface area contributed by atoms with Crippen molar-refractivity contribution in [1.29, 1.82) is 0 Å². The molecule has 16 heavy (non-hydrogen) atoms. The summed E-state index contributed by atoms with van der Waals surface area (Å²) in [5.41, 5.74) is 0.817. The lowest BCUT2D eigenvalue weighted by Crippen LogP contribution is -2.35. The standard InChI is InChI=1S/C13H20N2O/c1-10(11-4-5-11)15(3)9-13(16)12-6-7-14(2)8-12/h6-8,10-11H,4-5,9H2,1-3H3. The zero-order valence-electron chi connectivity index (χ0n) is 10.3. The molecule has 1 saturated carbocycles. The van der Waals surface area contributed by atoms with Crippen molar-refractivity contribution in [3.8, 4) is 0 Å². The molecule has 0 spiro atoms. The lowest BCUT2D eigenvalue weighted by Gasteiger charge is -2.23. The molecular weight excluding hydrogens is 200 g/mol. The number of ketones is 1. The minimum Gasteiger partial charge on any atom is -0.357 e. The van der Waals surface area contributed by atoms with Crippen LogP contribution in [0.15, 0.2) is 18.5 Å². The lowest BCUT2D eigenvalue weighted by molar-refractivity contribution is 0.0917. The summed E-state index contributed by atoms with van der Waals surface area (Å²) < 4.78 is 1.91. The number of rotatable bonds is 5. The van der Waals surface area contributed by atoms with Crippen LogP contribution in [0.3, 0.4) is 0 Å². The van der Waals surface area contributed by atoms with E-state index in [4.69, 9.17) is 0 Å². The highest BCUT2D eigenvalue weighted by Gasteiger charge is 2.31. The predicted molar refractivity (Wildman–Crippen MR) is 64.6 cm³/mol. The zero-order valence-corrected chi connectivity index (χ0v) is 10.3. The van der Waals surface area contributed by atoms with Crippen LogP contribution in [0.4, 0.5) is 0 Å². The summed E-state index contributed by atoms with van der Waals surface area (Å²) in [5, 5.41) is 0. The molecule has 0 amide bonds. The Labute approximate surface area is 97.1 Å². The molecule has 2 rings (SSSR count). The third-order valence-corrected chi connectivity index (χ3v) is 3.55. The van der Waals surface area contributed by atoms with Gasteiger partial charge in [0.05, 0.1) is 6.54 Å². The van der Waals surface area contributed by atoms with E-state index in [1.807, 2.05) is 37.1 Å². The lowest BCUT2D eigenvalue weighted by atomic mass is 10.1. The number of aromatic nitrogens is 1. The summed E-state index contributed by atoms with van der Waals surface area (Å²) in [6, 6.07) is 2.42. The molecule has 1 atom stereocenters. The normalized spacial score (nSPS) is 17.8. The van der Waals surface area contributed by atoms with Crippen LogP contribution < -0.4 is 0 Å². The maximum Gasteiger partial charge on any atom is 0.178 e. The van der Waals surface area contributed by atoms with E-state index in [1.165, 1.54) is 12.8 Å². The number of hydrogen-bond acceptors (Lipinski definition) is 2. The van der Waals surface area contributed by atoms with Crippen molar-refractivity contribution in [2.45, 2.75) is 25.8 Å². The van der Waals surface area contributed by atoms with E-state index in [9.17, 15) is 4.79 Å². The molecule has 1 aliphatic rings. The van der Waals surface area contributed by atoms with Crippen molar-refractivity contribution < 1.29 is 4.79 Å². The first-order valence-corrected chi connectivity index (χ1v) is 5.93. The Hall–Kier alpha value is -1.09. The molecule has 1 heterocycles. The molecule has 1 fully saturated rings. The summed E-state index contributed by atoms with van der Waals surface area (Å²) in [4.78, 5) is 14.1. The molecule has 0 bridgehead atoms. The van der Waals surface area contributed by atoms with E-state index in [1.54, 1.807) is 0 Å². The monoisotopic (exact) mass is 220 g/mol. The first-order chi connectivity index (χ1) is 7.58. The Morgan fingerprint density at radius 2 is 2.31 bits per heavy atom. The van der Waals surface area contributed by atoms with Gasteiger partial charge in [0, 0.05) is 31.0 Å². The van der Waals surface area contributed by atoms with Gasteiger partial charge in [-0.15, -0.1) is 0 Å². The van der Waals surface area contributed by atoms with Crippen molar-refractivity contribution in [3.63, 3.8) is 0 Å². The molecule has 1 aromatic heterocycles. The Morgan fingerprint density at radius 1 is 1.62 bits per heavy atom. The fourth-order valence-corrected chi connectivity index (χ4v) is 2.07. The minimum absolute atomic E-state index is 0.218. The number of likely N-dealkylation sites (N-methyl/N-ethyl adjacent to an activating group) is 1. The average molecular weight is 220 g/mol. The topological polar surface area (TPSA) is 25.2 Å². The Balaban J connectivity index is 1.91. The van der Waals surface area contributed by atoms with Gasteiger partial charge in [-0.1, -0.05) is 0 Å². The van der Waals surface area contributed by atoms with Gasteiger partial charge in [-0.25, -0.2) is 0 Å². The minimum atomic E-state index is 0.218. The van der Waals surface area contributed by atoms with Crippen LogP contribution in [0, 0.1) is 5.92 Å². The summed E-state index contributed by atoms with van der Waals surface area (Å²) >= 11 is 0. The van der Waals surface area contributed by atoms with Gasteiger partial charge in [-0.05, 0) is 38.8 Å². The molecule has 0 aromatic carbocycles. The number of carbonyl (C=O) groups excluding carboxylic acids is 1. The SMILES string of the molecule is CC(C1CC1)N(C)CC(=O)c1ccn(C)c1. The molecule has 0 N–H and O–H groups in total. The van der Waals surface area contributed by atoms with Gasteiger partial charge < -0.3 is 4.57 Å². The molecule has 0 radical (unpaired) electrons. The number of Topliss-reactive ketones (excluding diaryl/α,β-unsaturated/α-hetero) is 1. The van der Waals surface area contributed by atoms with Gasteiger partial charge >= 0.3 is 0 Å². The summed E-state index contributed by atoms with van der Waals surface area (Å²) in [6.45, 7) is 2.75. The van der Waals surface area contributed by atoms with E-state index in [2.05, 4.69) is 11.8 Å². The van der Waals surface area contributed by atoms with Crippen LogP contribution in [0.25, 0.3) is 0 Å². The van der Waals surface area contributed by atoms with Gasteiger partial charge in [0.15, 0.2) is 5.78 Å². The van der Waals surface area contributed by atoms with Crippen molar-refractivity contribution in [1.82, 2.24) is 9.47 Å². The Morgan fingerprint density at radius 3 is 2.81 bits per heavy atom. The molecule has 0 saturated heterocycles. The first-order valence-electron chi connectivity index (χ1n) is 5.93. The Kier molecular flexibility index (Phi) is 3.15. The molecule has 1 aromatic rings. The molecule has 1 aliphatic carbocycles. The van der Waals surface area contributed by atoms with E-state index in [0.29, 0.717) is 12.6 Å². The predicted octanol–water partition coefficient (Wildman–Crippen LogP) is 1.94. The third kappa shape index (κ3) is 2.53. The molecule has 1 unspecified atom stereocenters. The molecule has 3 nitrogen and oxygen atoms in total. The third-order valence-electron chi connectivity index (χ3n) is 3.55. The number of aryl methyl sites for hydroxylation is 1. The first kappa shape index (κ1) is 11.4. The fraction of sp³-hybridized carbons (Fsp3) is 0.615. The summed E-state index contributed by atoms with van der Waals surface area (Å²) in [7, 11) is 3.98. The van der Waals surface area contributed by atoms with Crippen LogP contribution in [0.5, 0.6) is 0 Å². The smallest absolute Gasteiger partial charge is 0.178 e. The second-order valence-corrected chi connectivity index (χ2v) is 4.98. The van der Waals surface area contributed by atoms with Crippen molar-refractivity contribution in [2.24, 2.45) is 13.0 Å². The fourth-order valence-electron chi connectivity index (χ4n) is 2.07. The van der Waals surface area contributed by atoms with Gasteiger partial charge in [0.2, 0.25) is 0 Å². The number of nitrogens with zero attached hydrogens (tertiary/aromatic N) is 2. The zero-order chi connectivity index (χ0) is 11.7. The number of carbonyl (C=O) groups is 1. The van der Waals surface area contributed by atoms with E-state index in [-0.39, 0.29) is 5.78 Å². The highest BCUT2D eigenvalue weighted by atomic mass is 16.1.